The van der Waals surface area contributed by atoms with Gasteiger partial charge in [-0.3, -0.25) is 9.89 Å². The van der Waals surface area contributed by atoms with Crippen LogP contribution in [0.1, 0.15) is 38.3 Å². The van der Waals surface area contributed by atoms with Crippen molar-refractivity contribution in [3.63, 3.8) is 0 Å². The van der Waals surface area contributed by atoms with E-state index < -0.39 is 0 Å². The van der Waals surface area contributed by atoms with Crippen LogP contribution in [-0.4, -0.2) is 60.3 Å². The maximum Gasteiger partial charge on any atom is 0.225 e. The van der Waals surface area contributed by atoms with Crippen LogP contribution in [-0.2, 0) is 4.79 Å². The normalized spacial score (nSPS) is 23.1. The van der Waals surface area contributed by atoms with Crippen molar-refractivity contribution in [3.05, 3.63) is 11.8 Å². The lowest BCUT2D eigenvalue weighted by atomic mass is 9.94. The molecule has 3 rings (SSSR count). The Labute approximate surface area is 132 Å². The number of carbonyl (C=O) groups excluding carboxylic acids is 1. The highest BCUT2D eigenvalue weighted by atomic mass is 16.2. The summed E-state index contributed by atoms with van der Waals surface area (Å²) in [7, 11) is 0. The third-order valence-corrected chi connectivity index (χ3v) is 4.69. The van der Waals surface area contributed by atoms with Crippen LogP contribution < -0.4 is 10.2 Å². The lowest BCUT2D eigenvalue weighted by molar-refractivity contribution is -0.135. The Morgan fingerprint density at radius 3 is 2.82 bits per heavy atom. The Morgan fingerprint density at radius 1 is 1.32 bits per heavy atom. The molecule has 2 aliphatic heterocycles. The number of hydrogen-bond donors (Lipinski definition) is 2. The van der Waals surface area contributed by atoms with E-state index in [1.165, 1.54) is 5.69 Å². The van der Waals surface area contributed by atoms with Crippen LogP contribution in [0.4, 0.5) is 5.82 Å². The third-order valence-electron chi connectivity index (χ3n) is 4.69. The van der Waals surface area contributed by atoms with E-state index in [2.05, 4.69) is 26.5 Å². The second-order valence-corrected chi connectivity index (χ2v) is 6.70. The van der Waals surface area contributed by atoms with Gasteiger partial charge >= 0.3 is 0 Å². The number of aromatic nitrogens is 2. The highest BCUT2D eigenvalue weighted by molar-refractivity contribution is 5.78. The van der Waals surface area contributed by atoms with Crippen LogP contribution >= 0.6 is 0 Å². The van der Waals surface area contributed by atoms with Crippen LogP contribution in [0.2, 0.25) is 0 Å². The molecule has 6 nitrogen and oxygen atoms in total. The summed E-state index contributed by atoms with van der Waals surface area (Å²) < 4.78 is 0. The van der Waals surface area contributed by atoms with Gasteiger partial charge in [-0.25, -0.2) is 0 Å². The van der Waals surface area contributed by atoms with Crippen LogP contribution in [0.25, 0.3) is 0 Å². The van der Waals surface area contributed by atoms with Gasteiger partial charge in [0, 0.05) is 62.9 Å². The minimum Gasteiger partial charge on any atom is -0.353 e. The zero-order chi connectivity index (χ0) is 15.5. The molecule has 6 heteroatoms. The standard InChI is InChI=1S/C16H27N5O/c1-12(2)16(22)21-7-3-4-13(11-21)14-10-15(19-18-14)20-8-5-17-6-9-20/h10,12-13,17H,3-9,11H2,1-2H3,(H,18,19). The molecule has 0 aromatic carbocycles. The molecule has 0 radical (unpaired) electrons. The number of nitrogens with zero attached hydrogens (tertiary/aromatic N) is 3. The molecule has 2 fully saturated rings. The predicted molar refractivity (Wildman–Crippen MR) is 87.1 cm³/mol. The van der Waals surface area contributed by atoms with Crippen molar-refractivity contribution in [3.8, 4) is 0 Å². The van der Waals surface area contributed by atoms with E-state index in [1.54, 1.807) is 0 Å². The summed E-state index contributed by atoms with van der Waals surface area (Å²) in [5.41, 5.74) is 1.18. The lowest BCUT2D eigenvalue weighted by Gasteiger charge is -2.33. The van der Waals surface area contributed by atoms with Crippen LogP contribution in [0.3, 0.4) is 0 Å². The third kappa shape index (κ3) is 3.27. The van der Waals surface area contributed by atoms with Crippen molar-refractivity contribution in [2.75, 3.05) is 44.2 Å². The number of nitrogens with one attached hydrogen (secondary N) is 2. The Bertz CT molecular complexity index is 506. The largest absolute Gasteiger partial charge is 0.353 e. The topological polar surface area (TPSA) is 64.3 Å². The van der Waals surface area contributed by atoms with E-state index in [-0.39, 0.29) is 11.8 Å². The monoisotopic (exact) mass is 305 g/mol. The fraction of sp³-hybridized carbons (Fsp3) is 0.750. The molecule has 1 amide bonds. The Hall–Kier alpha value is -1.56. The highest BCUT2D eigenvalue weighted by Crippen LogP contribution is 2.28. The maximum absolute atomic E-state index is 12.2. The first-order chi connectivity index (χ1) is 10.6. The van der Waals surface area contributed by atoms with Crippen molar-refractivity contribution in [1.82, 2.24) is 20.4 Å². The molecule has 22 heavy (non-hydrogen) atoms. The minimum atomic E-state index is 0.0805. The molecule has 1 aromatic heterocycles. The SMILES string of the molecule is CC(C)C(=O)N1CCCC(c2cc(N3CCNCC3)n[nH]2)C1. The van der Waals surface area contributed by atoms with Gasteiger partial charge in [-0.05, 0) is 12.8 Å². The Kier molecular flexibility index (Phi) is 4.66. The van der Waals surface area contributed by atoms with Gasteiger partial charge in [0.15, 0.2) is 5.82 Å². The maximum atomic E-state index is 12.2. The number of piperazine rings is 1. The first-order valence-corrected chi connectivity index (χ1v) is 8.45. The number of aromatic amines is 1. The van der Waals surface area contributed by atoms with E-state index in [4.69, 9.17) is 0 Å². The van der Waals surface area contributed by atoms with Gasteiger partial charge in [0.2, 0.25) is 5.91 Å². The van der Waals surface area contributed by atoms with Gasteiger partial charge in [-0.1, -0.05) is 13.8 Å². The molecular weight excluding hydrogens is 278 g/mol. The van der Waals surface area contributed by atoms with Crippen molar-refractivity contribution in [2.45, 2.75) is 32.6 Å². The number of H-pyrrole nitrogens is 1. The zero-order valence-corrected chi connectivity index (χ0v) is 13.6. The fourth-order valence-corrected chi connectivity index (χ4v) is 3.39. The predicted octanol–water partition coefficient (Wildman–Crippen LogP) is 1.18. The van der Waals surface area contributed by atoms with Gasteiger partial charge in [-0.2, -0.15) is 5.10 Å². The fourth-order valence-electron chi connectivity index (χ4n) is 3.39. The van der Waals surface area contributed by atoms with E-state index >= 15 is 0 Å². The van der Waals surface area contributed by atoms with Gasteiger partial charge in [0.25, 0.3) is 0 Å². The molecule has 0 saturated carbocycles. The zero-order valence-electron chi connectivity index (χ0n) is 13.6. The summed E-state index contributed by atoms with van der Waals surface area (Å²) in [6, 6.07) is 2.18. The summed E-state index contributed by atoms with van der Waals surface area (Å²) in [4.78, 5) is 16.5. The quantitative estimate of drug-likeness (QED) is 0.880. The summed E-state index contributed by atoms with van der Waals surface area (Å²) in [6.07, 6.45) is 2.20. The number of rotatable bonds is 3. The Morgan fingerprint density at radius 2 is 2.09 bits per heavy atom. The summed E-state index contributed by atoms with van der Waals surface area (Å²) in [5, 5.41) is 11.1. The van der Waals surface area contributed by atoms with E-state index in [0.717, 1.165) is 57.9 Å². The molecule has 1 unspecified atom stereocenters. The molecule has 2 N–H and O–H groups in total. The van der Waals surface area contributed by atoms with E-state index in [9.17, 15) is 4.79 Å². The van der Waals surface area contributed by atoms with Gasteiger partial charge < -0.3 is 15.1 Å². The second-order valence-electron chi connectivity index (χ2n) is 6.70. The molecule has 0 aliphatic carbocycles. The smallest absolute Gasteiger partial charge is 0.225 e. The number of anilines is 1. The molecule has 122 valence electrons. The molecule has 3 heterocycles. The molecule has 1 atom stereocenters. The average Bonchev–Trinajstić information content (AvgIpc) is 3.05. The summed E-state index contributed by atoms with van der Waals surface area (Å²) in [5.74, 6) is 1.79. The van der Waals surface area contributed by atoms with Crippen molar-refractivity contribution >= 4 is 11.7 Å². The number of carbonyl (C=O) groups is 1. The minimum absolute atomic E-state index is 0.0805. The highest BCUT2D eigenvalue weighted by Gasteiger charge is 2.27. The van der Waals surface area contributed by atoms with E-state index in [0.29, 0.717) is 5.92 Å². The lowest BCUT2D eigenvalue weighted by Crippen LogP contribution is -2.43. The molecule has 0 spiro atoms. The number of hydrogen-bond acceptors (Lipinski definition) is 4. The first-order valence-electron chi connectivity index (χ1n) is 8.45. The Balaban J connectivity index is 1.66. The molecule has 2 saturated heterocycles. The second kappa shape index (κ2) is 6.69. The number of likely N-dealkylation sites (tertiary alicyclic amines) is 1. The molecular formula is C16H27N5O. The van der Waals surface area contributed by atoms with Gasteiger partial charge in [0.05, 0.1) is 0 Å². The first kappa shape index (κ1) is 15.3. The molecule has 0 bridgehead atoms. The van der Waals surface area contributed by atoms with Gasteiger partial charge in [0.1, 0.15) is 0 Å². The van der Waals surface area contributed by atoms with Crippen molar-refractivity contribution in [1.29, 1.82) is 0 Å². The molecule has 1 aromatic rings. The number of piperidine rings is 1. The van der Waals surface area contributed by atoms with Crippen LogP contribution in [0.5, 0.6) is 0 Å². The van der Waals surface area contributed by atoms with Crippen LogP contribution in [0.15, 0.2) is 6.07 Å². The molecule has 2 aliphatic rings. The summed E-state index contributed by atoms with van der Waals surface area (Å²) in [6.45, 7) is 9.71. The van der Waals surface area contributed by atoms with Crippen molar-refractivity contribution < 1.29 is 4.79 Å². The van der Waals surface area contributed by atoms with Crippen molar-refractivity contribution in [2.24, 2.45) is 5.92 Å². The average molecular weight is 305 g/mol. The van der Waals surface area contributed by atoms with Gasteiger partial charge in [-0.15, -0.1) is 0 Å². The number of amides is 1. The van der Waals surface area contributed by atoms with E-state index in [1.807, 2.05) is 18.7 Å². The summed E-state index contributed by atoms with van der Waals surface area (Å²) >= 11 is 0. The van der Waals surface area contributed by atoms with Crippen LogP contribution in [0, 0.1) is 5.92 Å².